The summed E-state index contributed by atoms with van der Waals surface area (Å²) in [5, 5.41) is 6.71. The minimum absolute atomic E-state index is 0.0996. The zero-order valence-corrected chi connectivity index (χ0v) is 19.8. The Morgan fingerprint density at radius 2 is 1.81 bits per heavy atom. The van der Waals surface area contributed by atoms with E-state index in [0.29, 0.717) is 29.4 Å². The zero-order valence-electron chi connectivity index (χ0n) is 19.8. The van der Waals surface area contributed by atoms with Crippen LogP contribution in [0.5, 0.6) is 0 Å². The van der Waals surface area contributed by atoms with Crippen molar-refractivity contribution in [1.29, 1.82) is 0 Å². The minimum Gasteiger partial charge on any atom is -0.324 e. The van der Waals surface area contributed by atoms with Crippen LogP contribution in [0.1, 0.15) is 47.1 Å². The molecule has 3 aromatic heterocycles. The van der Waals surface area contributed by atoms with E-state index < -0.39 is 23.5 Å². The first-order valence-electron chi connectivity index (χ1n) is 11.6. The van der Waals surface area contributed by atoms with Gasteiger partial charge in [0.2, 0.25) is 5.91 Å². The number of benzene rings is 1. The Morgan fingerprint density at radius 3 is 2.49 bits per heavy atom. The van der Waals surface area contributed by atoms with Gasteiger partial charge in [0.15, 0.2) is 0 Å². The van der Waals surface area contributed by atoms with E-state index in [1.165, 1.54) is 19.1 Å². The number of amides is 1. The van der Waals surface area contributed by atoms with Crippen LogP contribution in [0.2, 0.25) is 0 Å². The molecule has 7 nitrogen and oxygen atoms in total. The van der Waals surface area contributed by atoms with Crippen molar-refractivity contribution in [1.82, 2.24) is 24.7 Å². The van der Waals surface area contributed by atoms with Crippen LogP contribution in [0.3, 0.4) is 0 Å². The van der Waals surface area contributed by atoms with Crippen molar-refractivity contribution < 1.29 is 22.4 Å². The maximum atomic E-state index is 14.8. The highest BCUT2D eigenvalue weighted by Crippen LogP contribution is 2.34. The number of hydrogen-bond donors (Lipinski definition) is 1. The Balaban J connectivity index is 1.22. The quantitative estimate of drug-likeness (QED) is 0.341. The largest absolute Gasteiger partial charge is 0.418 e. The summed E-state index contributed by atoms with van der Waals surface area (Å²) in [7, 11) is 0. The number of aromatic nitrogens is 5. The number of rotatable bonds is 7. The highest BCUT2D eigenvalue weighted by Gasteiger charge is 2.33. The van der Waals surface area contributed by atoms with Crippen molar-refractivity contribution in [3.63, 3.8) is 0 Å². The smallest absolute Gasteiger partial charge is 0.324 e. The van der Waals surface area contributed by atoms with Gasteiger partial charge in [-0.15, -0.1) is 0 Å². The number of pyridine rings is 1. The molecule has 0 unspecified atom stereocenters. The summed E-state index contributed by atoms with van der Waals surface area (Å²) in [4.78, 5) is 24.8. The van der Waals surface area contributed by atoms with E-state index >= 15 is 0 Å². The fraction of sp³-hybridized carbons (Fsp3) is 0.269. The lowest BCUT2D eigenvalue weighted by Crippen LogP contribution is -2.17. The first-order chi connectivity index (χ1) is 17.7. The highest BCUT2D eigenvalue weighted by atomic mass is 19.4. The van der Waals surface area contributed by atoms with Crippen LogP contribution in [-0.2, 0) is 23.8 Å². The molecule has 1 aliphatic rings. The second-order valence-electron chi connectivity index (χ2n) is 9.01. The first-order valence-corrected chi connectivity index (χ1v) is 11.6. The molecule has 1 N–H and O–H groups in total. The second kappa shape index (κ2) is 9.72. The number of hydrogen-bond acceptors (Lipinski definition) is 5. The summed E-state index contributed by atoms with van der Waals surface area (Å²) in [6, 6.07) is 5.68. The Morgan fingerprint density at radius 1 is 1.05 bits per heavy atom. The number of carbonyl (C=O) groups excluding carboxylic acids is 1. The van der Waals surface area contributed by atoms with Gasteiger partial charge in [-0.2, -0.15) is 18.3 Å². The van der Waals surface area contributed by atoms with E-state index in [9.17, 15) is 22.4 Å². The average molecular weight is 510 g/mol. The summed E-state index contributed by atoms with van der Waals surface area (Å²) in [5.41, 5.74) is 1.00. The summed E-state index contributed by atoms with van der Waals surface area (Å²) < 4.78 is 56.0. The summed E-state index contributed by atoms with van der Waals surface area (Å²) >= 11 is 0. The van der Waals surface area contributed by atoms with E-state index in [1.54, 1.807) is 18.5 Å². The molecule has 190 valence electrons. The monoisotopic (exact) mass is 510 g/mol. The van der Waals surface area contributed by atoms with Crippen LogP contribution in [-0.4, -0.2) is 30.6 Å². The maximum absolute atomic E-state index is 14.8. The number of nitrogens with one attached hydrogen (secondary N) is 1. The van der Waals surface area contributed by atoms with Crippen molar-refractivity contribution in [2.75, 3.05) is 5.32 Å². The summed E-state index contributed by atoms with van der Waals surface area (Å²) in [6.45, 7) is 1.23. The number of nitrogens with zero attached hydrogens (tertiary/aromatic N) is 5. The molecule has 3 heterocycles. The Kier molecular flexibility index (Phi) is 6.45. The van der Waals surface area contributed by atoms with E-state index in [0.717, 1.165) is 30.7 Å². The topological polar surface area (TPSA) is 85.6 Å². The van der Waals surface area contributed by atoms with Gasteiger partial charge in [-0.3, -0.25) is 14.5 Å². The predicted molar refractivity (Wildman–Crippen MR) is 127 cm³/mol. The van der Waals surface area contributed by atoms with Gasteiger partial charge < -0.3 is 5.32 Å². The van der Waals surface area contributed by atoms with Gasteiger partial charge in [-0.05, 0) is 48.6 Å². The standard InChI is InChI=1S/C26H22F4N6O/c1-15-22(26(28,29)30)9-20(13-31-15)35-25(37)8-18-3-2-17(7-23(18)27)19-11-32-24(33-12-19)6-16-10-34-36(14-16)21-4-5-21/h2-3,7,9-14,21H,4-6,8H2,1H3,(H,35,37). The molecule has 1 saturated carbocycles. The normalized spacial score (nSPS) is 13.5. The van der Waals surface area contributed by atoms with Gasteiger partial charge in [0.25, 0.3) is 0 Å². The van der Waals surface area contributed by atoms with Crippen LogP contribution in [0.4, 0.5) is 23.2 Å². The molecule has 0 aliphatic heterocycles. The molecule has 4 aromatic rings. The molecule has 1 fully saturated rings. The van der Waals surface area contributed by atoms with Gasteiger partial charge in [0, 0.05) is 36.3 Å². The molecule has 1 aliphatic carbocycles. The van der Waals surface area contributed by atoms with Crippen molar-refractivity contribution in [2.45, 2.75) is 44.8 Å². The zero-order chi connectivity index (χ0) is 26.2. The van der Waals surface area contributed by atoms with Crippen molar-refractivity contribution in [2.24, 2.45) is 0 Å². The van der Waals surface area contributed by atoms with Crippen molar-refractivity contribution >= 4 is 11.6 Å². The Hall–Kier alpha value is -4.15. The van der Waals surface area contributed by atoms with Gasteiger partial charge in [0.1, 0.15) is 11.6 Å². The van der Waals surface area contributed by atoms with E-state index in [-0.39, 0.29) is 23.4 Å². The van der Waals surface area contributed by atoms with Crippen LogP contribution in [0.15, 0.2) is 55.2 Å². The second-order valence-corrected chi connectivity index (χ2v) is 9.01. The molecular formula is C26H22F4N6O. The summed E-state index contributed by atoms with van der Waals surface area (Å²) in [5.74, 6) is -0.669. The van der Waals surface area contributed by atoms with E-state index in [4.69, 9.17) is 0 Å². The third kappa shape index (κ3) is 5.82. The summed E-state index contributed by atoms with van der Waals surface area (Å²) in [6.07, 6.45) is 6.05. The van der Waals surface area contributed by atoms with Crippen molar-refractivity contribution in [3.8, 4) is 11.1 Å². The number of carbonyl (C=O) groups is 1. The lowest BCUT2D eigenvalue weighted by atomic mass is 10.0. The van der Waals surface area contributed by atoms with Gasteiger partial charge >= 0.3 is 6.18 Å². The molecule has 0 radical (unpaired) electrons. The SMILES string of the molecule is Cc1ncc(NC(=O)Cc2ccc(-c3cnc(Cc4cnn(C5CC5)c4)nc3)cc2F)cc1C(F)(F)F. The Labute approximate surface area is 209 Å². The minimum atomic E-state index is -4.60. The third-order valence-corrected chi connectivity index (χ3v) is 6.06. The van der Waals surface area contributed by atoms with Crippen LogP contribution < -0.4 is 5.32 Å². The molecule has 0 spiro atoms. The first kappa shape index (κ1) is 24.5. The van der Waals surface area contributed by atoms with Gasteiger partial charge in [-0.1, -0.05) is 12.1 Å². The molecule has 0 atom stereocenters. The molecule has 5 rings (SSSR count). The maximum Gasteiger partial charge on any atom is 0.418 e. The van der Waals surface area contributed by atoms with Crippen LogP contribution in [0.25, 0.3) is 11.1 Å². The van der Waals surface area contributed by atoms with E-state index in [2.05, 4.69) is 25.4 Å². The van der Waals surface area contributed by atoms with Crippen LogP contribution in [0, 0.1) is 12.7 Å². The van der Waals surface area contributed by atoms with Crippen molar-refractivity contribution in [3.05, 3.63) is 89.3 Å². The molecule has 11 heteroatoms. The number of halogens is 4. The third-order valence-electron chi connectivity index (χ3n) is 6.06. The number of alkyl halides is 3. The molecular weight excluding hydrogens is 488 g/mol. The molecule has 0 saturated heterocycles. The fourth-order valence-electron chi connectivity index (χ4n) is 3.92. The predicted octanol–water partition coefficient (Wildman–Crippen LogP) is 5.31. The van der Waals surface area contributed by atoms with Gasteiger partial charge in [-0.25, -0.2) is 14.4 Å². The lowest BCUT2D eigenvalue weighted by molar-refractivity contribution is -0.138. The lowest BCUT2D eigenvalue weighted by Gasteiger charge is -2.12. The Bertz CT molecular complexity index is 1440. The van der Waals surface area contributed by atoms with Gasteiger partial charge in [0.05, 0.1) is 36.1 Å². The van der Waals surface area contributed by atoms with E-state index in [1.807, 2.05) is 17.1 Å². The number of anilines is 1. The van der Waals surface area contributed by atoms with Crippen LogP contribution >= 0.6 is 0 Å². The molecule has 1 amide bonds. The molecule has 37 heavy (non-hydrogen) atoms. The number of aryl methyl sites for hydroxylation is 1. The average Bonchev–Trinajstić information content (AvgIpc) is 3.60. The fourth-order valence-corrected chi connectivity index (χ4v) is 3.92. The highest BCUT2D eigenvalue weighted by molar-refractivity contribution is 5.92. The molecule has 0 bridgehead atoms. The molecule has 1 aromatic carbocycles.